The topological polar surface area (TPSA) is 41.5 Å². The van der Waals surface area contributed by atoms with Crippen LogP contribution in [0.3, 0.4) is 0 Å². The van der Waals surface area contributed by atoms with E-state index in [1.54, 1.807) is 0 Å². The molecule has 0 spiro atoms. The smallest absolute Gasteiger partial charge is 0.122 e. The van der Waals surface area contributed by atoms with Gasteiger partial charge in [-0.2, -0.15) is 0 Å². The summed E-state index contributed by atoms with van der Waals surface area (Å²) in [5, 5.41) is 13.1. The number of aryl methyl sites for hydroxylation is 2. The summed E-state index contributed by atoms with van der Waals surface area (Å²) >= 11 is 0. The molecule has 1 aromatic rings. The van der Waals surface area contributed by atoms with E-state index in [-0.39, 0.29) is 0 Å². The predicted molar refractivity (Wildman–Crippen MR) is 79.7 cm³/mol. The lowest BCUT2D eigenvalue weighted by atomic mass is 10.1. The first kappa shape index (κ1) is 16.0. The molecule has 108 valence electrons. The number of nitrogens with one attached hydrogen (secondary N) is 1. The van der Waals surface area contributed by atoms with Crippen molar-refractivity contribution in [3.8, 4) is 5.75 Å². The first-order valence-corrected chi connectivity index (χ1v) is 7.08. The number of ether oxygens (including phenoxy) is 1. The molecule has 3 nitrogen and oxygen atoms in total. The second kappa shape index (κ2) is 8.18. The molecule has 1 rings (SSSR count). The van der Waals surface area contributed by atoms with Crippen molar-refractivity contribution in [3.05, 3.63) is 29.3 Å². The van der Waals surface area contributed by atoms with Gasteiger partial charge in [-0.3, -0.25) is 0 Å². The van der Waals surface area contributed by atoms with E-state index in [4.69, 9.17) is 4.74 Å². The molecule has 0 aliphatic carbocycles. The lowest BCUT2D eigenvalue weighted by Gasteiger charge is -2.15. The fourth-order valence-electron chi connectivity index (χ4n) is 1.87. The first-order chi connectivity index (χ1) is 8.99. The Hall–Kier alpha value is -1.06. The Balaban J connectivity index is 2.24. The number of hydrogen-bond donors (Lipinski definition) is 2. The lowest BCUT2D eigenvalue weighted by molar-refractivity contribution is 0.106. The molecule has 0 aliphatic heterocycles. The summed E-state index contributed by atoms with van der Waals surface area (Å²) in [5.41, 5.74) is 2.33. The van der Waals surface area contributed by atoms with Crippen LogP contribution >= 0.6 is 0 Å². The molecule has 0 aromatic heterocycles. The van der Waals surface area contributed by atoms with Gasteiger partial charge in [0.15, 0.2) is 0 Å². The van der Waals surface area contributed by atoms with Gasteiger partial charge in [-0.25, -0.2) is 0 Å². The van der Waals surface area contributed by atoms with E-state index in [0.29, 0.717) is 19.1 Å². The second-order valence-corrected chi connectivity index (χ2v) is 5.62. The van der Waals surface area contributed by atoms with Gasteiger partial charge in [-0.15, -0.1) is 0 Å². The van der Waals surface area contributed by atoms with Crippen LogP contribution in [0.1, 0.15) is 31.4 Å². The summed E-state index contributed by atoms with van der Waals surface area (Å²) in [6.45, 7) is 10.3. The fourth-order valence-corrected chi connectivity index (χ4v) is 1.87. The van der Waals surface area contributed by atoms with Gasteiger partial charge >= 0.3 is 0 Å². The van der Waals surface area contributed by atoms with E-state index >= 15 is 0 Å². The van der Waals surface area contributed by atoms with Crippen molar-refractivity contribution in [2.75, 3.05) is 19.7 Å². The highest BCUT2D eigenvalue weighted by atomic mass is 16.5. The average molecular weight is 265 g/mol. The first-order valence-electron chi connectivity index (χ1n) is 7.08. The zero-order valence-electron chi connectivity index (χ0n) is 12.6. The minimum absolute atomic E-state index is 0.332. The Morgan fingerprint density at radius 3 is 2.63 bits per heavy atom. The Morgan fingerprint density at radius 2 is 2.00 bits per heavy atom. The average Bonchev–Trinajstić information content (AvgIpc) is 2.33. The maximum atomic E-state index is 9.83. The molecule has 0 heterocycles. The van der Waals surface area contributed by atoms with E-state index in [1.165, 1.54) is 5.56 Å². The molecule has 1 unspecified atom stereocenters. The van der Waals surface area contributed by atoms with Gasteiger partial charge in [0.25, 0.3) is 0 Å². The van der Waals surface area contributed by atoms with Crippen LogP contribution in [0.2, 0.25) is 0 Å². The van der Waals surface area contributed by atoms with Crippen molar-refractivity contribution in [1.82, 2.24) is 5.32 Å². The third-order valence-corrected chi connectivity index (χ3v) is 3.04. The summed E-state index contributed by atoms with van der Waals surface area (Å²) in [6, 6.07) is 6.07. The summed E-state index contributed by atoms with van der Waals surface area (Å²) < 4.78 is 5.64. The maximum Gasteiger partial charge on any atom is 0.122 e. The van der Waals surface area contributed by atoms with Crippen LogP contribution in [0.15, 0.2) is 18.2 Å². The molecule has 0 saturated carbocycles. The molecule has 0 amide bonds. The van der Waals surface area contributed by atoms with Gasteiger partial charge in [-0.05, 0) is 44.4 Å². The molecule has 3 heteroatoms. The van der Waals surface area contributed by atoms with Crippen LogP contribution in [0, 0.1) is 19.8 Å². The van der Waals surface area contributed by atoms with Gasteiger partial charge in [0.1, 0.15) is 18.5 Å². The number of hydrogen-bond acceptors (Lipinski definition) is 3. The Labute approximate surface area is 117 Å². The van der Waals surface area contributed by atoms with Gasteiger partial charge in [0.2, 0.25) is 0 Å². The van der Waals surface area contributed by atoms with Gasteiger partial charge in [0.05, 0.1) is 0 Å². The van der Waals surface area contributed by atoms with Crippen LogP contribution in [0.5, 0.6) is 5.75 Å². The van der Waals surface area contributed by atoms with Crippen LogP contribution in [0.25, 0.3) is 0 Å². The van der Waals surface area contributed by atoms with Crippen LogP contribution in [-0.2, 0) is 0 Å². The van der Waals surface area contributed by atoms with Crippen molar-refractivity contribution in [3.63, 3.8) is 0 Å². The SMILES string of the molecule is Cc1ccc(OCC(O)CNCCC(C)C)c(C)c1. The number of aliphatic hydroxyl groups excluding tert-OH is 1. The minimum atomic E-state index is -0.465. The maximum absolute atomic E-state index is 9.83. The highest BCUT2D eigenvalue weighted by molar-refractivity contribution is 5.35. The molecule has 1 atom stereocenters. The minimum Gasteiger partial charge on any atom is -0.491 e. The summed E-state index contributed by atoms with van der Waals surface area (Å²) in [4.78, 5) is 0. The second-order valence-electron chi connectivity index (χ2n) is 5.62. The van der Waals surface area contributed by atoms with Crippen LogP contribution in [-0.4, -0.2) is 30.9 Å². The van der Waals surface area contributed by atoms with E-state index in [9.17, 15) is 5.11 Å². The highest BCUT2D eigenvalue weighted by Crippen LogP contribution is 2.18. The van der Waals surface area contributed by atoms with E-state index in [0.717, 1.165) is 24.3 Å². The Bertz CT molecular complexity index is 377. The van der Waals surface area contributed by atoms with E-state index < -0.39 is 6.10 Å². The normalized spacial score (nSPS) is 12.7. The Kier molecular flexibility index (Phi) is 6.89. The fraction of sp³-hybridized carbons (Fsp3) is 0.625. The lowest BCUT2D eigenvalue weighted by Crippen LogP contribution is -2.32. The molecule has 1 aromatic carbocycles. The predicted octanol–water partition coefficient (Wildman–Crippen LogP) is 2.68. The van der Waals surface area contributed by atoms with Crippen molar-refractivity contribution in [2.24, 2.45) is 5.92 Å². The molecule has 0 saturated heterocycles. The molecule has 0 fully saturated rings. The van der Waals surface area contributed by atoms with Crippen molar-refractivity contribution >= 4 is 0 Å². The molecule has 0 bridgehead atoms. The van der Waals surface area contributed by atoms with Crippen LogP contribution in [0.4, 0.5) is 0 Å². The highest BCUT2D eigenvalue weighted by Gasteiger charge is 2.06. The van der Waals surface area contributed by atoms with E-state index in [1.807, 2.05) is 19.1 Å². The van der Waals surface area contributed by atoms with Gasteiger partial charge < -0.3 is 15.2 Å². The molecular formula is C16H27NO2. The quantitative estimate of drug-likeness (QED) is 0.710. The van der Waals surface area contributed by atoms with Crippen molar-refractivity contribution in [2.45, 2.75) is 40.2 Å². The number of rotatable bonds is 8. The monoisotopic (exact) mass is 265 g/mol. The zero-order chi connectivity index (χ0) is 14.3. The Morgan fingerprint density at radius 1 is 1.26 bits per heavy atom. The van der Waals surface area contributed by atoms with Gasteiger partial charge in [-0.1, -0.05) is 31.5 Å². The van der Waals surface area contributed by atoms with Crippen molar-refractivity contribution < 1.29 is 9.84 Å². The summed E-state index contributed by atoms with van der Waals surface area (Å²) in [5.74, 6) is 1.54. The molecule has 2 N–H and O–H groups in total. The summed E-state index contributed by atoms with van der Waals surface area (Å²) in [7, 11) is 0. The molecular weight excluding hydrogens is 238 g/mol. The molecule has 0 aliphatic rings. The van der Waals surface area contributed by atoms with Gasteiger partial charge in [0, 0.05) is 6.54 Å². The summed E-state index contributed by atoms with van der Waals surface area (Å²) in [6.07, 6.45) is 0.665. The standard InChI is InChI=1S/C16H27NO2/c1-12(2)7-8-17-10-15(18)11-19-16-6-5-13(3)9-14(16)4/h5-6,9,12,15,17-18H,7-8,10-11H2,1-4H3. The number of benzene rings is 1. The molecule has 0 radical (unpaired) electrons. The number of aliphatic hydroxyl groups is 1. The third kappa shape index (κ3) is 6.60. The van der Waals surface area contributed by atoms with Crippen molar-refractivity contribution in [1.29, 1.82) is 0 Å². The van der Waals surface area contributed by atoms with E-state index in [2.05, 4.69) is 32.2 Å². The van der Waals surface area contributed by atoms with Crippen LogP contribution < -0.4 is 10.1 Å². The third-order valence-electron chi connectivity index (χ3n) is 3.04. The molecule has 19 heavy (non-hydrogen) atoms. The zero-order valence-corrected chi connectivity index (χ0v) is 12.6. The largest absolute Gasteiger partial charge is 0.491 e.